The zero-order valence-electron chi connectivity index (χ0n) is 12.9. The Morgan fingerprint density at radius 1 is 0.818 bits per heavy atom. The lowest BCUT2D eigenvalue weighted by molar-refractivity contribution is 1.03. The van der Waals surface area contributed by atoms with Gasteiger partial charge in [-0.05, 0) is 67.0 Å². The maximum Gasteiger partial charge on any atom is 0.0788 e. The minimum absolute atomic E-state index is 1.14. The van der Waals surface area contributed by atoms with E-state index in [-0.39, 0.29) is 0 Å². The van der Waals surface area contributed by atoms with Gasteiger partial charge in [-0.1, -0.05) is 29.8 Å². The van der Waals surface area contributed by atoms with Gasteiger partial charge in [0.1, 0.15) is 0 Å². The summed E-state index contributed by atoms with van der Waals surface area (Å²) in [6.45, 7) is 4.32. The highest BCUT2D eigenvalue weighted by Gasteiger charge is 2.17. The Morgan fingerprint density at radius 3 is 2.55 bits per heavy atom. The van der Waals surface area contributed by atoms with Gasteiger partial charge in [0.2, 0.25) is 0 Å². The summed E-state index contributed by atoms with van der Waals surface area (Å²) in [6.07, 6.45) is 2.33. The molecule has 22 heavy (non-hydrogen) atoms. The van der Waals surface area contributed by atoms with Crippen LogP contribution in [0.25, 0.3) is 32.6 Å². The van der Waals surface area contributed by atoms with Gasteiger partial charge >= 0.3 is 0 Å². The number of pyridine rings is 1. The smallest absolute Gasteiger partial charge is 0.0788 e. The van der Waals surface area contributed by atoms with E-state index in [1.807, 2.05) is 0 Å². The van der Waals surface area contributed by atoms with E-state index in [1.165, 1.54) is 50.2 Å². The van der Waals surface area contributed by atoms with E-state index < -0.39 is 0 Å². The first-order valence-corrected chi connectivity index (χ1v) is 7.96. The first-order chi connectivity index (χ1) is 10.7. The van der Waals surface area contributed by atoms with Crippen molar-refractivity contribution in [1.82, 2.24) is 4.98 Å². The van der Waals surface area contributed by atoms with Crippen molar-refractivity contribution in [1.29, 1.82) is 0 Å². The van der Waals surface area contributed by atoms with Crippen molar-refractivity contribution >= 4 is 32.6 Å². The van der Waals surface area contributed by atoms with Gasteiger partial charge < -0.3 is 0 Å². The molecule has 0 saturated carbocycles. The van der Waals surface area contributed by atoms with E-state index in [2.05, 4.69) is 56.3 Å². The Labute approximate surface area is 129 Å². The molecule has 1 nitrogen and oxygen atoms in total. The quantitative estimate of drug-likeness (QED) is 0.317. The lowest BCUT2D eigenvalue weighted by atomic mass is 9.98. The molecule has 0 N–H and O–H groups in total. The molecule has 0 unspecified atom stereocenters. The summed E-state index contributed by atoms with van der Waals surface area (Å²) in [7, 11) is 0. The molecule has 0 aliphatic heterocycles. The van der Waals surface area contributed by atoms with Gasteiger partial charge in [-0.15, -0.1) is 0 Å². The second kappa shape index (κ2) is 4.07. The highest BCUT2D eigenvalue weighted by Crippen LogP contribution is 2.36. The Kier molecular flexibility index (Phi) is 2.25. The van der Waals surface area contributed by atoms with Gasteiger partial charge in [0.05, 0.1) is 11.0 Å². The van der Waals surface area contributed by atoms with Gasteiger partial charge in [0.15, 0.2) is 0 Å². The summed E-state index contributed by atoms with van der Waals surface area (Å²) >= 11 is 0. The molecule has 1 heterocycles. The van der Waals surface area contributed by atoms with Crippen LogP contribution in [0.5, 0.6) is 0 Å². The van der Waals surface area contributed by atoms with Gasteiger partial charge in [-0.3, -0.25) is 0 Å². The van der Waals surface area contributed by atoms with Crippen LogP contribution in [0.2, 0.25) is 0 Å². The number of hydrogen-bond acceptors (Lipinski definition) is 1. The first-order valence-electron chi connectivity index (χ1n) is 7.96. The fraction of sp³-hybridized carbons (Fsp3) is 0.190. The van der Waals surface area contributed by atoms with Gasteiger partial charge in [0, 0.05) is 16.2 Å². The Morgan fingerprint density at radius 2 is 1.64 bits per heavy atom. The van der Waals surface area contributed by atoms with E-state index in [9.17, 15) is 0 Å². The maximum atomic E-state index is 5.06. The summed E-state index contributed by atoms with van der Waals surface area (Å²) in [6, 6.07) is 15.8. The van der Waals surface area contributed by atoms with Crippen molar-refractivity contribution < 1.29 is 0 Å². The highest BCUT2D eigenvalue weighted by molar-refractivity contribution is 6.11. The molecular formula is C21H17N. The third-order valence-electron chi connectivity index (χ3n) is 5.00. The van der Waals surface area contributed by atoms with Crippen LogP contribution in [0.15, 0.2) is 42.5 Å². The molecular weight excluding hydrogens is 266 g/mol. The lowest BCUT2D eigenvalue weighted by Crippen LogP contribution is -1.90. The van der Waals surface area contributed by atoms with Crippen LogP contribution in [0.1, 0.15) is 22.3 Å². The predicted octanol–water partition coefficient (Wildman–Crippen LogP) is 5.26. The molecule has 106 valence electrons. The lowest BCUT2D eigenvalue weighted by Gasteiger charge is -2.10. The molecule has 3 aromatic carbocycles. The van der Waals surface area contributed by atoms with E-state index in [0.29, 0.717) is 0 Å². The summed E-state index contributed by atoms with van der Waals surface area (Å²) < 4.78 is 0. The van der Waals surface area contributed by atoms with Crippen molar-refractivity contribution in [2.45, 2.75) is 26.7 Å². The fourth-order valence-corrected chi connectivity index (χ4v) is 4.10. The highest BCUT2D eigenvalue weighted by atomic mass is 14.7. The standard InChI is InChI=1S/C21H17N/c1-12-8-13(2)20-16(9-12)11-17-10-15-7-6-14-4-3-5-18(19(14)15)21(17)22-20/h3-5,8-11H,6-7H2,1-2H3. The molecule has 1 heteroatoms. The minimum Gasteiger partial charge on any atom is -0.247 e. The van der Waals surface area contributed by atoms with E-state index in [0.717, 1.165) is 17.5 Å². The van der Waals surface area contributed by atoms with Crippen LogP contribution >= 0.6 is 0 Å². The molecule has 0 fully saturated rings. The average Bonchev–Trinajstić information content (AvgIpc) is 2.90. The molecule has 1 aliphatic rings. The molecule has 0 atom stereocenters. The van der Waals surface area contributed by atoms with E-state index >= 15 is 0 Å². The van der Waals surface area contributed by atoms with Crippen molar-refractivity contribution in [2.24, 2.45) is 0 Å². The van der Waals surface area contributed by atoms with Gasteiger partial charge in [-0.25, -0.2) is 4.98 Å². The summed E-state index contributed by atoms with van der Waals surface area (Å²) in [5, 5.41) is 5.31. The van der Waals surface area contributed by atoms with Crippen molar-refractivity contribution in [2.75, 3.05) is 0 Å². The van der Waals surface area contributed by atoms with Crippen LogP contribution in [-0.4, -0.2) is 4.98 Å². The fourth-order valence-electron chi connectivity index (χ4n) is 4.10. The molecule has 0 amide bonds. The van der Waals surface area contributed by atoms with Crippen molar-refractivity contribution in [3.05, 3.63) is 64.7 Å². The molecule has 1 aliphatic carbocycles. The summed E-state index contributed by atoms with van der Waals surface area (Å²) in [5.74, 6) is 0. The van der Waals surface area contributed by atoms with Crippen LogP contribution in [0, 0.1) is 13.8 Å². The third kappa shape index (κ3) is 1.51. The zero-order chi connectivity index (χ0) is 14.8. The summed E-state index contributed by atoms with van der Waals surface area (Å²) in [5.41, 5.74) is 7.83. The normalized spacial score (nSPS) is 13.5. The SMILES string of the molecule is Cc1cc(C)c2nc3c(cc4c5c(cccc53)CC4)cc2c1. The molecule has 0 saturated heterocycles. The van der Waals surface area contributed by atoms with Gasteiger partial charge in [0.25, 0.3) is 0 Å². The van der Waals surface area contributed by atoms with E-state index in [1.54, 1.807) is 0 Å². The minimum atomic E-state index is 1.14. The Hall–Kier alpha value is -2.41. The van der Waals surface area contributed by atoms with Crippen LogP contribution in [-0.2, 0) is 12.8 Å². The molecule has 0 radical (unpaired) electrons. The average molecular weight is 283 g/mol. The summed E-state index contributed by atoms with van der Waals surface area (Å²) in [4.78, 5) is 5.06. The second-order valence-electron chi connectivity index (χ2n) is 6.59. The third-order valence-corrected chi connectivity index (χ3v) is 5.00. The molecule has 1 aromatic heterocycles. The Balaban J connectivity index is 2.04. The number of benzene rings is 3. The van der Waals surface area contributed by atoms with Crippen LogP contribution < -0.4 is 0 Å². The number of aromatic nitrogens is 1. The molecule has 4 aromatic rings. The molecule has 5 rings (SSSR count). The first kappa shape index (κ1) is 12.2. The van der Waals surface area contributed by atoms with Crippen LogP contribution in [0.3, 0.4) is 0 Å². The number of nitrogens with zero attached hydrogens (tertiary/aromatic N) is 1. The molecule has 0 bridgehead atoms. The largest absolute Gasteiger partial charge is 0.247 e. The molecule has 0 spiro atoms. The maximum absolute atomic E-state index is 5.06. The topological polar surface area (TPSA) is 12.9 Å². The number of hydrogen-bond donors (Lipinski definition) is 0. The van der Waals surface area contributed by atoms with E-state index in [4.69, 9.17) is 4.98 Å². The van der Waals surface area contributed by atoms with Gasteiger partial charge in [-0.2, -0.15) is 0 Å². The second-order valence-corrected chi connectivity index (χ2v) is 6.59. The predicted molar refractivity (Wildman–Crippen MR) is 93.6 cm³/mol. The zero-order valence-corrected chi connectivity index (χ0v) is 12.9. The number of rotatable bonds is 0. The van der Waals surface area contributed by atoms with Crippen molar-refractivity contribution in [3.63, 3.8) is 0 Å². The monoisotopic (exact) mass is 283 g/mol. The number of fused-ring (bicyclic) bond motifs is 3. The van der Waals surface area contributed by atoms with Crippen LogP contribution in [0.4, 0.5) is 0 Å². The number of aryl methyl sites for hydroxylation is 4. The Bertz CT molecular complexity index is 1090. The van der Waals surface area contributed by atoms with Crippen molar-refractivity contribution in [3.8, 4) is 0 Å².